The van der Waals surface area contributed by atoms with Crippen LogP contribution in [-0.4, -0.2) is 33.0 Å². The van der Waals surface area contributed by atoms with Gasteiger partial charge in [-0.15, -0.1) is 11.8 Å². The molecule has 0 aliphatic heterocycles. The summed E-state index contributed by atoms with van der Waals surface area (Å²) in [7, 11) is 1.49. The van der Waals surface area contributed by atoms with Gasteiger partial charge in [0.05, 0.1) is 22.5 Å². The fraction of sp³-hybridized carbons (Fsp3) is 0.154. The first-order valence-corrected chi connectivity index (χ1v) is 7.44. The molecule has 0 spiro atoms. The van der Waals surface area contributed by atoms with Crippen molar-refractivity contribution >= 4 is 40.9 Å². The zero-order valence-electron chi connectivity index (χ0n) is 11.3. The van der Waals surface area contributed by atoms with E-state index in [9.17, 15) is 9.59 Å². The second-order valence-corrected chi connectivity index (χ2v) is 5.42. The number of thioether (sulfide) groups is 1. The third kappa shape index (κ3) is 3.20. The molecule has 0 atom stereocenters. The quantitative estimate of drug-likeness (QED) is 0.844. The first-order valence-electron chi connectivity index (χ1n) is 5.84. The summed E-state index contributed by atoms with van der Waals surface area (Å²) in [6.07, 6.45) is 3.17. The van der Waals surface area contributed by atoms with Gasteiger partial charge >= 0.3 is 5.97 Å². The molecule has 1 amide bonds. The van der Waals surface area contributed by atoms with Gasteiger partial charge in [-0.05, 0) is 24.5 Å². The molecule has 0 unspecified atom stereocenters. The average Bonchev–Trinajstić information content (AvgIpc) is 2.80. The molecule has 1 heterocycles. The lowest BCUT2D eigenvalue weighted by molar-refractivity contribution is 0.0686. The van der Waals surface area contributed by atoms with Gasteiger partial charge in [0, 0.05) is 11.9 Å². The highest BCUT2D eigenvalue weighted by Crippen LogP contribution is 2.24. The second kappa shape index (κ2) is 6.19. The van der Waals surface area contributed by atoms with Crippen LogP contribution in [0.2, 0.25) is 5.02 Å². The van der Waals surface area contributed by atoms with Gasteiger partial charge in [-0.3, -0.25) is 9.48 Å². The van der Waals surface area contributed by atoms with E-state index in [1.165, 1.54) is 29.7 Å². The summed E-state index contributed by atoms with van der Waals surface area (Å²) in [4.78, 5) is 24.3. The van der Waals surface area contributed by atoms with E-state index < -0.39 is 11.9 Å². The number of nitrogens with one attached hydrogen (secondary N) is 1. The van der Waals surface area contributed by atoms with E-state index >= 15 is 0 Å². The Hall–Kier alpha value is -1.99. The first kappa shape index (κ1) is 15.4. The van der Waals surface area contributed by atoms with Crippen LogP contribution in [0, 0.1) is 0 Å². The Morgan fingerprint density at radius 3 is 2.76 bits per heavy atom. The number of anilines is 1. The van der Waals surface area contributed by atoms with E-state index in [4.69, 9.17) is 16.7 Å². The Labute approximate surface area is 130 Å². The molecule has 0 radical (unpaired) electrons. The van der Waals surface area contributed by atoms with Crippen LogP contribution in [0.1, 0.15) is 20.8 Å². The number of amides is 1. The fourth-order valence-corrected chi connectivity index (χ4v) is 2.42. The second-order valence-electron chi connectivity index (χ2n) is 4.14. The van der Waals surface area contributed by atoms with Crippen LogP contribution >= 0.6 is 23.4 Å². The summed E-state index contributed by atoms with van der Waals surface area (Å²) in [5.74, 6) is -1.65. The molecule has 8 heteroatoms. The highest BCUT2D eigenvalue weighted by Gasteiger charge is 2.19. The van der Waals surface area contributed by atoms with E-state index in [0.29, 0.717) is 5.02 Å². The van der Waals surface area contributed by atoms with Gasteiger partial charge in [-0.1, -0.05) is 11.6 Å². The highest BCUT2D eigenvalue weighted by molar-refractivity contribution is 7.98. The van der Waals surface area contributed by atoms with Crippen molar-refractivity contribution < 1.29 is 14.7 Å². The van der Waals surface area contributed by atoms with Crippen molar-refractivity contribution in [2.24, 2.45) is 7.05 Å². The average molecular weight is 326 g/mol. The number of carbonyl (C=O) groups excluding carboxylic acids is 1. The minimum atomic E-state index is -1.17. The van der Waals surface area contributed by atoms with Crippen LogP contribution in [0.5, 0.6) is 0 Å². The molecule has 110 valence electrons. The molecule has 2 N–H and O–H groups in total. The number of hydrogen-bond donors (Lipinski definition) is 2. The Balaban J connectivity index is 2.33. The number of hydrogen-bond acceptors (Lipinski definition) is 4. The predicted molar refractivity (Wildman–Crippen MR) is 81.4 cm³/mol. The van der Waals surface area contributed by atoms with Crippen molar-refractivity contribution in [1.82, 2.24) is 9.78 Å². The molecule has 1 aromatic carbocycles. The molecule has 6 nitrogen and oxygen atoms in total. The molecule has 21 heavy (non-hydrogen) atoms. The molecule has 1 aromatic heterocycles. The number of nitrogens with zero attached hydrogens (tertiary/aromatic N) is 2. The molecule has 0 saturated carbocycles. The number of aromatic nitrogens is 2. The minimum absolute atomic E-state index is 0.0968. The summed E-state index contributed by atoms with van der Waals surface area (Å²) in [6, 6.07) is 5.08. The molecule has 0 aliphatic rings. The summed E-state index contributed by atoms with van der Waals surface area (Å²) in [5, 5.41) is 15.8. The number of aryl methyl sites for hydroxylation is 1. The topological polar surface area (TPSA) is 84.2 Å². The van der Waals surface area contributed by atoms with Crippen LogP contribution in [0.15, 0.2) is 29.3 Å². The number of benzene rings is 1. The van der Waals surface area contributed by atoms with Crippen LogP contribution < -0.4 is 5.32 Å². The third-order valence-electron chi connectivity index (χ3n) is 2.81. The van der Waals surface area contributed by atoms with Crippen molar-refractivity contribution in [3.8, 4) is 0 Å². The molecule has 2 aromatic rings. The molecule has 0 saturated heterocycles. The van der Waals surface area contributed by atoms with E-state index in [2.05, 4.69) is 10.4 Å². The Morgan fingerprint density at radius 2 is 2.14 bits per heavy atom. The predicted octanol–water partition coefficient (Wildman–Crippen LogP) is 2.75. The smallest absolute Gasteiger partial charge is 0.356 e. The monoisotopic (exact) mass is 325 g/mol. The van der Waals surface area contributed by atoms with Gasteiger partial charge in [0.25, 0.3) is 5.91 Å². The lowest BCUT2D eigenvalue weighted by atomic mass is 10.2. The summed E-state index contributed by atoms with van der Waals surface area (Å²) in [6.45, 7) is 0. The maximum absolute atomic E-state index is 12.3. The van der Waals surface area contributed by atoms with Gasteiger partial charge in [-0.2, -0.15) is 5.10 Å². The summed E-state index contributed by atoms with van der Waals surface area (Å²) in [5.41, 5.74) is 0.310. The Bertz CT molecular complexity index is 715. The van der Waals surface area contributed by atoms with E-state index in [1.54, 1.807) is 18.2 Å². The van der Waals surface area contributed by atoms with Gasteiger partial charge in [0.2, 0.25) is 0 Å². The Kier molecular flexibility index (Phi) is 4.54. The summed E-state index contributed by atoms with van der Waals surface area (Å²) >= 11 is 7.49. The molecule has 0 aliphatic carbocycles. The zero-order valence-corrected chi connectivity index (χ0v) is 12.8. The standard InChI is InChI=1S/C13H12ClN3O3S/c1-17-11(13(19)20)10(6-15-17)16-12(18)8-5-7(21-2)3-4-9(8)14/h3-6H,1-2H3,(H,16,18)(H,19,20). The van der Waals surface area contributed by atoms with Crippen molar-refractivity contribution in [3.05, 3.63) is 40.7 Å². The van der Waals surface area contributed by atoms with E-state index in [1.807, 2.05) is 6.26 Å². The lowest BCUT2D eigenvalue weighted by Crippen LogP contribution is -2.16. The SMILES string of the molecule is CSc1ccc(Cl)c(C(=O)Nc2cnn(C)c2C(=O)O)c1. The molecule has 0 fully saturated rings. The molecular formula is C13H12ClN3O3S. The number of carboxylic acids is 1. The largest absolute Gasteiger partial charge is 0.476 e. The first-order chi connectivity index (χ1) is 9.93. The molecule has 0 bridgehead atoms. The fourth-order valence-electron chi connectivity index (χ4n) is 1.78. The molecular weight excluding hydrogens is 314 g/mol. The maximum Gasteiger partial charge on any atom is 0.356 e. The van der Waals surface area contributed by atoms with E-state index in [0.717, 1.165) is 4.90 Å². The third-order valence-corrected chi connectivity index (χ3v) is 3.86. The molecule has 2 rings (SSSR count). The number of rotatable bonds is 4. The number of aromatic carboxylic acids is 1. The summed E-state index contributed by atoms with van der Waals surface area (Å²) < 4.78 is 1.18. The van der Waals surface area contributed by atoms with Gasteiger partial charge in [0.1, 0.15) is 0 Å². The van der Waals surface area contributed by atoms with Crippen molar-refractivity contribution in [2.75, 3.05) is 11.6 Å². The van der Waals surface area contributed by atoms with Crippen LogP contribution in [-0.2, 0) is 7.05 Å². The lowest BCUT2D eigenvalue weighted by Gasteiger charge is -2.07. The number of halogens is 1. The minimum Gasteiger partial charge on any atom is -0.476 e. The van der Waals surface area contributed by atoms with Gasteiger partial charge < -0.3 is 10.4 Å². The Morgan fingerprint density at radius 1 is 1.43 bits per heavy atom. The van der Waals surface area contributed by atoms with Gasteiger partial charge in [0.15, 0.2) is 5.69 Å². The number of carboxylic acid groups (broad SMARTS) is 1. The van der Waals surface area contributed by atoms with Gasteiger partial charge in [-0.25, -0.2) is 4.79 Å². The zero-order chi connectivity index (χ0) is 15.6. The highest BCUT2D eigenvalue weighted by atomic mass is 35.5. The van der Waals surface area contributed by atoms with Crippen LogP contribution in [0.4, 0.5) is 5.69 Å². The van der Waals surface area contributed by atoms with Crippen LogP contribution in [0.3, 0.4) is 0 Å². The maximum atomic E-state index is 12.3. The number of carbonyl (C=O) groups is 2. The van der Waals surface area contributed by atoms with Crippen molar-refractivity contribution in [3.63, 3.8) is 0 Å². The van der Waals surface area contributed by atoms with Crippen molar-refractivity contribution in [1.29, 1.82) is 0 Å². The van der Waals surface area contributed by atoms with Crippen molar-refractivity contribution in [2.45, 2.75) is 4.90 Å². The van der Waals surface area contributed by atoms with Crippen LogP contribution in [0.25, 0.3) is 0 Å². The van der Waals surface area contributed by atoms with E-state index in [-0.39, 0.29) is 16.9 Å². The normalized spacial score (nSPS) is 10.4.